The fourth-order valence-corrected chi connectivity index (χ4v) is 1.98. The van der Waals surface area contributed by atoms with Crippen molar-refractivity contribution in [1.29, 1.82) is 0 Å². The second-order valence-electron chi connectivity index (χ2n) is 4.66. The van der Waals surface area contributed by atoms with E-state index in [2.05, 4.69) is 9.97 Å². The highest BCUT2D eigenvalue weighted by Crippen LogP contribution is 2.15. The molecule has 3 rings (SSSR count). The first-order chi connectivity index (χ1) is 10.1. The van der Waals surface area contributed by atoms with Crippen molar-refractivity contribution in [3.05, 3.63) is 53.9 Å². The number of rotatable bonds is 3. The minimum atomic E-state index is -0.421. The minimum Gasteiger partial charge on any atom is -0.454 e. The van der Waals surface area contributed by atoms with Crippen LogP contribution in [0.4, 0.5) is 11.4 Å². The number of aromatic nitrogens is 2. The van der Waals surface area contributed by atoms with E-state index in [4.69, 9.17) is 16.2 Å². The number of nitrogens with one attached hydrogen (secondary N) is 1. The molecule has 0 spiro atoms. The largest absolute Gasteiger partial charge is 0.454 e. The fourth-order valence-electron chi connectivity index (χ4n) is 1.98. The number of anilines is 2. The Balaban J connectivity index is 0.00000176. The number of hydrogen-bond acceptors (Lipinski definition) is 5. The number of fused-ring (bicyclic) bond motifs is 1. The molecule has 114 valence electrons. The van der Waals surface area contributed by atoms with Gasteiger partial charge in [-0.2, -0.15) is 0 Å². The molecule has 6 nitrogen and oxygen atoms in total. The topological polar surface area (TPSA) is 107 Å². The van der Waals surface area contributed by atoms with Crippen LogP contribution in [-0.2, 0) is 11.3 Å². The number of hydrogen-bond donors (Lipinski definition) is 3. The summed E-state index contributed by atoms with van der Waals surface area (Å²) in [6.45, 7) is 0.0673. The maximum absolute atomic E-state index is 11.9. The van der Waals surface area contributed by atoms with Gasteiger partial charge in [-0.15, -0.1) is 12.4 Å². The second kappa shape index (κ2) is 6.36. The summed E-state index contributed by atoms with van der Waals surface area (Å²) >= 11 is 0. The average Bonchev–Trinajstić information content (AvgIpc) is 2.87. The lowest BCUT2D eigenvalue weighted by molar-refractivity contribution is 0.0463. The fraction of sp³-hybridized carbons (Fsp3) is 0.0667. The molecule has 2 aromatic carbocycles. The van der Waals surface area contributed by atoms with E-state index in [-0.39, 0.29) is 19.0 Å². The van der Waals surface area contributed by atoms with Crippen molar-refractivity contribution in [2.75, 3.05) is 11.5 Å². The molecule has 0 radical (unpaired) electrons. The average molecular weight is 319 g/mol. The first-order valence-electron chi connectivity index (χ1n) is 6.38. The number of nitrogens with two attached hydrogens (primary N) is 2. The Morgan fingerprint density at radius 3 is 2.50 bits per heavy atom. The molecular formula is C15H15ClN4O2. The summed E-state index contributed by atoms with van der Waals surface area (Å²) in [7, 11) is 0. The molecule has 1 heterocycles. The van der Waals surface area contributed by atoms with E-state index in [1.54, 1.807) is 36.4 Å². The van der Waals surface area contributed by atoms with Crippen LogP contribution in [0.1, 0.15) is 16.2 Å². The number of carbonyl (C=O) groups is 1. The second-order valence-corrected chi connectivity index (χ2v) is 4.66. The smallest absolute Gasteiger partial charge is 0.338 e. The number of nitrogen functional groups attached to an aromatic ring is 2. The summed E-state index contributed by atoms with van der Waals surface area (Å²) in [4.78, 5) is 19.3. The van der Waals surface area contributed by atoms with Gasteiger partial charge in [0.25, 0.3) is 0 Å². The Bertz CT molecular complexity index is 799. The summed E-state index contributed by atoms with van der Waals surface area (Å²) < 4.78 is 5.21. The van der Waals surface area contributed by atoms with Crippen molar-refractivity contribution in [3.8, 4) is 0 Å². The normalized spacial score (nSPS) is 10.2. The van der Waals surface area contributed by atoms with Crippen LogP contribution >= 0.6 is 12.4 Å². The molecule has 0 unspecified atom stereocenters. The third kappa shape index (κ3) is 3.29. The molecular weight excluding hydrogens is 304 g/mol. The molecule has 1 aromatic heterocycles. The highest BCUT2D eigenvalue weighted by atomic mass is 35.5. The number of halogens is 1. The summed E-state index contributed by atoms with van der Waals surface area (Å²) in [6.07, 6.45) is 0. The number of esters is 1. The maximum atomic E-state index is 11.9. The van der Waals surface area contributed by atoms with Gasteiger partial charge in [0.2, 0.25) is 0 Å². The van der Waals surface area contributed by atoms with E-state index in [0.717, 1.165) is 11.0 Å². The van der Waals surface area contributed by atoms with Gasteiger partial charge in [0.15, 0.2) is 0 Å². The van der Waals surface area contributed by atoms with Crippen LogP contribution in [0.3, 0.4) is 0 Å². The number of H-pyrrole nitrogens is 1. The summed E-state index contributed by atoms with van der Waals surface area (Å²) in [6, 6.07) is 11.9. The third-order valence-electron chi connectivity index (χ3n) is 3.04. The third-order valence-corrected chi connectivity index (χ3v) is 3.04. The zero-order chi connectivity index (χ0) is 14.8. The lowest BCUT2D eigenvalue weighted by Gasteiger charge is -2.03. The monoisotopic (exact) mass is 318 g/mol. The molecule has 0 bridgehead atoms. The maximum Gasteiger partial charge on any atom is 0.338 e. The molecule has 22 heavy (non-hydrogen) atoms. The SMILES string of the molecule is Cl.Nc1ccc(C(=O)OCc2nc3ccc(N)cc3[nH]2)cc1. The number of nitrogens with zero attached hydrogens (tertiary/aromatic N) is 1. The van der Waals surface area contributed by atoms with Gasteiger partial charge in [0.05, 0.1) is 16.6 Å². The Morgan fingerprint density at radius 1 is 1.09 bits per heavy atom. The van der Waals surface area contributed by atoms with Gasteiger partial charge < -0.3 is 21.2 Å². The van der Waals surface area contributed by atoms with Crippen LogP contribution in [-0.4, -0.2) is 15.9 Å². The first-order valence-corrected chi connectivity index (χ1v) is 6.38. The Hall–Kier alpha value is -2.73. The molecule has 0 atom stereocenters. The number of ether oxygens (including phenoxy) is 1. The molecule has 0 fully saturated rings. The highest BCUT2D eigenvalue weighted by Gasteiger charge is 2.09. The van der Waals surface area contributed by atoms with E-state index < -0.39 is 5.97 Å². The van der Waals surface area contributed by atoms with Crippen molar-refractivity contribution >= 4 is 40.8 Å². The van der Waals surface area contributed by atoms with Gasteiger partial charge in [-0.05, 0) is 42.5 Å². The van der Waals surface area contributed by atoms with Crippen LogP contribution in [0.15, 0.2) is 42.5 Å². The van der Waals surface area contributed by atoms with Gasteiger partial charge in [0.1, 0.15) is 12.4 Å². The van der Waals surface area contributed by atoms with E-state index >= 15 is 0 Å². The van der Waals surface area contributed by atoms with Gasteiger partial charge in [-0.25, -0.2) is 9.78 Å². The molecule has 0 aliphatic heterocycles. The van der Waals surface area contributed by atoms with Crippen molar-refractivity contribution in [3.63, 3.8) is 0 Å². The quantitative estimate of drug-likeness (QED) is 0.508. The predicted molar refractivity (Wildman–Crippen MR) is 87.7 cm³/mol. The lowest BCUT2D eigenvalue weighted by atomic mass is 10.2. The molecule has 0 aliphatic carbocycles. The van der Waals surface area contributed by atoms with Gasteiger partial charge >= 0.3 is 5.97 Å². The molecule has 0 aliphatic rings. The summed E-state index contributed by atoms with van der Waals surface area (Å²) in [5.74, 6) is 0.148. The molecule has 5 N–H and O–H groups in total. The zero-order valence-electron chi connectivity index (χ0n) is 11.6. The Kier molecular flexibility index (Phi) is 4.53. The first kappa shape index (κ1) is 15.7. The number of carbonyl (C=O) groups excluding carboxylic acids is 1. The van der Waals surface area contributed by atoms with Crippen molar-refractivity contribution in [2.24, 2.45) is 0 Å². The van der Waals surface area contributed by atoms with Gasteiger partial charge in [-0.3, -0.25) is 0 Å². The Labute approximate surface area is 132 Å². The molecule has 0 saturated carbocycles. The van der Waals surface area contributed by atoms with E-state index in [9.17, 15) is 4.79 Å². The predicted octanol–water partition coefficient (Wildman–Crippen LogP) is 2.51. The number of imidazole rings is 1. The van der Waals surface area contributed by atoms with E-state index in [0.29, 0.717) is 22.8 Å². The lowest BCUT2D eigenvalue weighted by Crippen LogP contribution is -2.06. The van der Waals surface area contributed by atoms with Crippen molar-refractivity contribution < 1.29 is 9.53 Å². The van der Waals surface area contributed by atoms with Crippen molar-refractivity contribution in [2.45, 2.75) is 6.61 Å². The molecule has 0 amide bonds. The zero-order valence-corrected chi connectivity index (χ0v) is 12.4. The number of aromatic amines is 1. The molecule has 3 aromatic rings. The summed E-state index contributed by atoms with van der Waals surface area (Å²) in [5, 5.41) is 0. The summed E-state index contributed by atoms with van der Waals surface area (Å²) in [5.41, 5.74) is 14.6. The minimum absolute atomic E-state index is 0. The van der Waals surface area contributed by atoms with Gasteiger partial charge in [-0.1, -0.05) is 0 Å². The molecule has 0 saturated heterocycles. The van der Waals surface area contributed by atoms with Crippen LogP contribution in [0, 0.1) is 0 Å². The standard InChI is InChI=1S/C15H14N4O2.ClH/c16-10-3-1-9(2-4-10)15(20)21-8-14-18-12-6-5-11(17)7-13(12)19-14;/h1-7H,8,16-17H2,(H,18,19);1H. The number of benzene rings is 2. The van der Waals surface area contributed by atoms with E-state index in [1.807, 2.05) is 6.07 Å². The van der Waals surface area contributed by atoms with Crippen LogP contribution < -0.4 is 11.5 Å². The van der Waals surface area contributed by atoms with E-state index in [1.165, 1.54) is 0 Å². The van der Waals surface area contributed by atoms with Gasteiger partial charge in [0, 0.05) is 11.4 Å². The highest BCUT2D eigenvalue weighted by molar-refractivity contribution is 5.89. The Morgan fingerprint density at radius 2 is 1.77 bits per heavy atom. The molecule has 7 heteroatoms. The van der Waals surface area contributed by atoms with Crippen LogP contribution in [0.25, 0.3) is 11.0 Å². The van der Waals surface area contributed by atoms with Crippen LogP contribution in [0.5, 0.6) is 0 Å². The van der Waals surface area contributed by atoms with Crippen molar-refractivity contribution in [1.82, 2.24) is 9.97 Å². The van der Waals surface area contributed by atoms with Crippen LogP contribution in [0.2, 0.25) is 0 Å².